The molecule has 0 unspecified atom stereocenters. The van der Waals surface area contributed by atoms with Crippen molar-refractivity contribution < 1.29 is 4.79 Å². The fraction of sp³-hybridized carbons (Fsp3) is 0.176. The predicted molar refractivity (Wildman–Crippen MR) is 92.3 cm³/mol. The van der Waals surface area contributed by atoms with Gasteiger partial charge >= 0.3 is 5.69 Å². The number of fused-ring (bicyclic) bond motifs is 1. The van der Waals surface area contributed by atoms with Crippen molar-refractivity contribution in [1.82, 2.24) is 20.0 Å². The van der Waals surface area contributed by atoms with Gasteiger partial charge < -0.3 is 9.55 Å². The molecular formula is C17H17N5O2. The normalized spacial score (nSPS) is 11.2. The molecule has 2 N–H and O–H groups in total. The van der Waals surface area contributed by atoms with E-state index < -0.39 is 11.6 Å². The van der Waals surface area contributed by atoms with Gasteiger partial charge in [0.2, 0.25) is 0 Å². The lowest BCUT2D eigenvalue weighted by Crippen LogP contribution is -2.24. The number of hydrogen-bond donors (Lipinski definition) is 2. The first kappa shape index (κ1) is 15.7. The van der Waals surface area contributed by atoms with Crippen molar-refractivity contribution in [2.75, 3.05) is 0 Å². The predicted octanol–water partition coefficient (Wildman–Crippen LogP) is 1.82. The number of nitrogens with one attached hydrogen (secondary N) is 2. The SMILES string of the molecule is CCn1cc(/C=N/NC(=O)c2cc(C)[nH]c(=O)n2)c2ccccc21. The average Bonchev–Trinajstić information content (AvgIpc) is 2.92. The van der Waals surface area contributed by atoms with Crippen molar-refractivity contribution in [1.29, 1.82) is 0 Å². The number of nitrogens with zero attached hydrogens (tertiary/aromatic N) is 3. The molecule has 2 aromatic heterocycles. The van der Waals surface area contributed by atoms with Gasteiger partial charge in [-0.25, -0.2) is 10.2 Å². The number of carbonyl (C=O) groups is 1. The van der Waals surface area contributed by atoms with E-state index in [4.69, 9.17) is 0 Å². The molecule has 24 heavy (non-hydrogen) atoms. The molecule has 3 rings (SSSR count). The van der Waals surface area contributed by atoms with Gasteiger partial charge in [-0.05, 0) is 26.0 Å². The molecule has 2 heterocycles. The number of hydrogen-bond acceptors (Lipinski definition) is 4. The van der Waals surface area contributed by atoms with Crippen LogP contribution in [0.3, 0.4) is 0 Å². The van der Waals surface area contributed by atoms with E-state index in [0.717, 1.165) is 23.0 Å². The van der Waals surface area contributed by atoms with Crippen LogP contribution in [-0.4, -0.2) is 26.7 Å². The van der Waals surface area contributed by atoms with Gasteiger partial charge in [0.05, 0.1) is 6.21 Å². The molecule has 0 aliphatic carbocycles. The van der Waals surface area contributed by atoms with Crippen molar-refractivity contribution in [3.63, 3.8) is 0 Å². The van der Waals surface area contributed by atoms with Crippen LogP contribution in [0.15, 0.2) is 46.4 Å². The molecule has 0 radical (unpaired) electrons. The standard InChI is InChI=1S/C17H17N5O2/c1-3-22-10-12(13-6-4-5-7-15(13)22)9-18-21-16(23)14-8-11(2)19-17(24)20-14/h4-10H,3H2,1-2H3,(H,21,23)(H,19,20,24)/b18-9+. The summed E-state index contributed by atoms with van der Waals surface area (Å²) in [5.74, 6) is -0.528. The average molecular weight is 323 g/mol. The molecular weight excluding hydrogens is 306 g/mol. The van der Waals surface area contributed by atoms with E-state index in [9.17, 15) is 9.59 Å². The zero-order chi connectivity index (χ0) is 17.1. The highest BCUT2D eigenvalue weighted by molar-refractivity contribution is 6.00. The summed E-state index contributed by atoms with van der Waals surface area (Å²) in [6.45, 7) is 4.59. The van der Waals surface area contributed by atoms with Crippen molar-refractivity contribution in [2.24, 2.45) is 5.10 Å². The highest BCUT2D eigenvalue weighted by Crippen LogP contribution is 2.19. The summed E-state index contributed by atoms with van der Waals surface area (Å²) in [5, 5.41) is 5.04. The number of amides is 1. The molecule has 122 valence electrons. The van der Waals surface area contributed by atoms with E-state index in [1.54, 1.807) is 13.1 Å². The smallest absolute Gasteiger partial charge is 0.345 e. The van der Waals surface area contributed by atoms with Gasteiger partial charge in [-0.3, -0.25) is 4.79 Å². The summed E-state index contributed by atoms with van der Waals surface area (Å²) in [6.07, 6.45) is 3.57. The van der Waals surface area contributed by atoms with Gasteiger partial charge in [0.15, 0.2) is 0 Å². The molecule has 0 saturated carbocycles. The van der Waals surface area contributed by atoms with Crippen molar-refractivity contribution >= 4 is 23.0 Å². The minimum Gasteiger partial charge on any atom is -0.347 e. The Balaban J connectivity index is 1.82. The molecule has 0 bridgehead atoms. The lowest BCUT2D eigenvalue weighted by atomic mass is 10.2. The number of carbonyl (C=O) groups excluding carboxylic acids is 1. The quantitative estimate of drug-likeness (QED) is 0.566. The van der Waals surface area contributed by atoms with E-state index >= 15 is 0 Å². The van der Waals surface area contributed by atoms with E-state index in [1.165, 1.54) is 6.07 Å². The zero-order valence-electron chi connectivity index (χ0n) is 13.4. The lowest BCUT2D eigenvalue weighted by molar-refractivity contribution is 0.0949. The molecule has 3 aromatic rings. The second kappa shape index (κ2) is 6.49. The molecule has 0 aliphatic heterocycles. The highest BCUT2D eigenvalue weighted by Gasteiger charge is 2.08. The number of rotatable bonds is 4. The first-order valence-electron chi connectivity index (χ1n) is 7.57. The summed E-state index contributed by atoms with van der Waals surface area (Å²) in [5.41, 5.74) is 4.45. The van der Waals surface area contributed by atoms with Gasteiger partial charge in [0.1, 0.15) is 5.69 Å². The number of H-pyrrole nitrogens is 1. The van der Waals surface area contributed by atoms with Crippen LogP contribution in [0.2, 0.25) is 0 Å². The van der Waals surface area contributed by atoms with Crippen LogP contribution >= 0.6 is 0 Å². The van der Waals surface area contributed by atoms with Crippen LogP contribution in [0.25, 0.3) is 10.9 Å². The molecule has 1 aromatic carbocycles. The molecule has 0 spiro atoms. The first-order chi connectivity index (χ1) is 11.6. The monoisotopic (exact) mass is 323 g/mol. The van der Waals surface area contributed by atoms with E-state index in [2.05, 4.69) is 32.0 Å². The first-order valence-corrected chi connectivity index (χ1v) is 7.57. The Bertz CT molecular complexity index is 984. The number of benzene rings is 1. The van der Waals surface area contributed by atoms with Crippen LogP contribution < -0.4 is 11.1 Å². The van der Waals surface area contributed by atoms with Gasteiger partial charge in [-0.15, -0.1) is 0 Å². The van der Waals surface area contributed by atoms with Crippen molar-refractivity contribution in [2.45, 2.75) is 20.4 Å². The molecule has 7 heteroatoms. The number of para-hydroxylation sites is 1. The Morgan fingerprint density at radius 3 is 2.96 bits per heavy atom. The summed E-state index contributed by atoms with van der Waals surface area (Å²) in [6, 6.07) is 9.48. The van der Waals surface area contributed by atoms with E-state index in [1.807, 2.05) is 30.5 Å². The third kappa shape index (κ3) is 3.10. The van der Waals surface area contributed by atoms with Crippen LogP contribution in [0, 0.1) is 6.92 Å². The Kier molecular flexibility index (Phi) is 4.24. The Hall–Kier alpha value is -3.22. The van der Waals surface area contributed by atoms with Crippen molar-refractivity contribution in [3.8, 4) is 0 Å². The van der Waals surface area contributed by atoms with Gasteiger partial charge in [0.25, 0.3) is 5.91 Å². The van der Waals surface area contributed by atoms with Gasteiger partial charge in [0, 0.05) is 34.9 Å². The largest absolute Gasteiger partial charge is 0.347 e. The Morgan fingerprint density at radius 2 is 2.21 bits per heavy atom. The maximum atomic E-state index is 12.0. The fourth-order valence-corrected chi connectivity index (χ4v) is 2.55. The summed E-state index contributed by atoms with van der Waals surface area (Å²) >= 11 is 0. The summed E-state index contributed by atoms with van der Waals surface area (Å²) in [4.78, 5) is 29.4. The second-order valence-corrected chi connectivity index (χ2v) is 5.34. The van der Waals surface area contributed by atoms with Gasteiger partial charge in [-0.1, -0.05) is 18.2 Å². The lowest BCUT2D eigenvalue weighted by Gasteiger charge is -1.99. The molecule has 0 aliphatic rings. The molecule has 0 atom stereocenters. The zero-order valence-corrected chi connectivity index (χ0v) is 13.4. The molecule has 0 fully saturated rings. The third-order valence-corrected chi connectivity index (χ3v) is 3.64. The molecule has 0 saturated heterocycles. The van der Waals surface area contributed by atoms with Crippen LogP contribution in [0.5, 0.6) is 0 Å². The highest BCUT2D eigenvalue weighted by atomic mass is 16.2. The van der Waals surface area contributed by atoms with Gasteiger partial charge in [-0.2, -0.15) is 10.1 Å². The molecule has 1 amide bonds. The minimum absolute atomic E-state index is 0.0318. The minimum atomic E-state index is -0.560. The number of aromatic amines is 1. The number of hydrazone groups is 1. The summed E-state index contributed by atoms with van der Waals surface area (Å²) in [7, 11) is 0. The van der Waals surface area contributed by atoms with E-state index in [-0.39, 0.29) is 5.69 Å². The Morgan fingerprint density at radius 1 is 1.42 bits per heavy atom. The third-order valence-electron chi connectivity index (χ3n) is 3.64. The maximum absolute atomic E-state index is 12.0. The maximum Gasteiger partial charge on any atom is 0.345 e. The van der Waals surface area contributed by atoms with E-state index in [0.29, 0.717) is 5.69 Å². The Labute approximate surface area is 138 Å². The number of aryl methyl sites for hydroxylation is 2. The fourth-order valence-electron chi connectivity index (χ4n) is 2.55. The number of aromatic nitrogens is 3. The van der Waals surface area contributed by atoms with Crippen LogP contribution in [-0.2, 0) is 6.54 Å². The molecule has 7 nitrogen and oxygen atoms in total. The topological polar surface area (TPSA) is 92.1 Å². The second-order valence-electron chi connectivity index (χ2n) is 5.34. The van der Waals surface area contributed by atoms with Crippen molar-refractivity contribution in [3.05, 3.63) is 64.0 Å². The summed E-state index contributed by atoms with van der Waals surface area (Å²) < 4.78 is 2.11. The van der Waals surface area contributed by atoms with Crippen LogP contribution in [0.1, 0.15) is 28.7 Å². The van der Waals surface area contributed by atoms with Crippen LogP contribution in [0.4, 0.5) is 0 Å².